The van der Waals surface area contributed by atoms with Crippen molar-refractivity contribution in [2.24, 2.45) is 17.8 Å². The zero-order valence-corrected chi connectivity index (χ0v) is 15.8. The molecule has 4 bridgehead atoms. The first-order chi connectivity index (χ1) is 12.4. The van der Waals surface area contributed by atoms with Crippen molar-refractivity contribution >= 4 is 22.7 Å². The lowest BCUT2D eigenvalue weighted by atomic mass is 9.53. The molecule has 1 aromatic rings. The summed E-state index contributed by atoms with van der Waals surface area (Å²) in [6.07, 6.45) is 8.66. The summed E-state index contributed by atoms with van der Waals surface area (Å²) in [7, 11) is -1.29. The van der Waals surface area contributed by atoms with E-state index < -0.39 is 16.8 Å². The van der Waals surface area contributed by atoms with Gasteiger partial charge in [-0.05, 0) is 68.4 Å². The molecule has 0 aromatic heterocycles. The maximum Gasteiger partial charge on any atom is 0.339 e. The van der Waals surface area contributed by atoms with E-state index in [-0.39, 0.29) is 23.6 Å². The van der Waals surface area contributed by atoms with Gasteiger partial charge in [-0.2, -0.15) is 0 Å². The van der Waals surface area contributed by atoms with E-state index in [9.17, 15) is 13.8 Å². The molecular formula is C20H25NO4S. The van der Waals surface area contributed by atoms with Gasteiger partial charge in [0.15, 0.2) is 6.61 Å². The highest BCUT2D eigenvalue weighted by atomic mass is 32.2. The van der Waals surface area contributed by atoms with E-state index in [1.54, 1.807) is 24.3 Å². The molecule has 4 fully saturated rings. The van der Waals surface area contributed by atoms with E-state index in [1.807, 2.05) is 0 Å². The molecule has 140 valence electrons. The molecule has 26 heavy (non-hydrogen) atoms. The average molecular weight is 375 g/mol. The summed E-state index contributed by atoms with van der Waals surface area (Å²) in [5.41, 5.74) is 0.178. The van der Waals surface area contributed by atoms with E-state index in [4.69, 9.17) is 4.74 Å². The molecule has 5 rings (SSSR count). The first-order valence-electron chi connectivity index (χ1n) is 9.35. The molecule has 0 aliphatic heterocycles. The topological polar surface area (TPSA) is 72.5 Å². The number of ether oxygens (including phenoxy) is 1. The van der Waals surface area contributed by atoms with Crippen LogP contribution in [0.3, 0.4) is 0 Å². The van der Waals surface area contributed by atoms with Gasteiger partial charge in [0.2, 0.25) is 0 Å². The molecule has 1 amide bonds. The lowest BCUT2D eigenvalue weighted by molar-refractivity contribution is -0.130. The van der Waals surface area contributed by atoms with E-state index >= 15 is 0 Å². The standard InChI is InChI=1S/C20H25NO4S/c1-26(24)17-5-3-2-4-16(17)19(23)25-12-18(22)21-20-9-13-6-14(10-20)8-15(7-13)11-20/h2-5,13-15H,6-12H2,1H3,(H,21,22)/t13?,14?,15?,20?,26-/m0/s1. The number of hydrogen-bond acceptors (Lipinski definition) is 4. The van der Waals surface area contributed by atoms with Crippen molar-refractivity contribution in [3.63, 3.8) is 0 Å². The highest BCUT2D eigenvalue weighted by Crippen LogP contribution is 2.55. The Balaban J connectivity index is 1.36. The summed E-state index contributed by atoms with van der Waals surface area (Å²) < 4.78 is 17.0. The van der Waals surface area contributed by atoms with E-state index in [0.29, 0.717) is 4.90 Å². The third-order valence-corrected chi connectivity index (χ3v) is 7.17. The minimum absolute atomic E-state index is 0.0823. The smallest absolute Gasteiger partial charge is 0.339 e. The summed E-state index contributed by atoms with van der Waals surface area (Å²) in [6.45, 7) is -0.286. The predicted octanol–water partition coefficient (Wildman–Crippen LogP) is 2.67. The van der Waals surface area contributed by atoms with Crippen LogP contribution in [0.5, 0.6) is 0 Å². The lowest BCUT2D eigenvalue weighted by Crippen LogP contribution is -2.60. The maximum atomic E-state index is 12.4. The Kier molecular flexibility index (Phi) is 4.63. The molecular weight excluding hydrogens is 350 g/mol. The average Bonchev–Trinajstić information content (AvgIpc) is 2.58. The molecule has 0 heterocycles. The molecule has 1 atom stereocenters. The van der Waals surface area contributed by atoms with Crippen molar-refractivity contribution in [2.75, 3.05) is 12.9 Å². The zero-order chi connectivity index (χ0) is 18.3. The van der Waals surface area contributed by atoms with Crippen LogP contribution >= 0.6 is 0 Å². The van der Waals surface area contributed by atoms with Gasteiger partial charge in [-0.25, -0.2) is 4.79 Å². The number of amides is 1. The molecule has 4 saturated carbocycles. The maximum absolute atomic E-state index is 12.4. The van der Waals surface area contributed by atoms with Crippen molar-refractivity contribution in [3.8, 4) is 0 Å². The molecule has 4 aliphatic carbocycles. The largest absolute Gasteiger partial charge is 0.452 e. The molecule has 1 N–H and O–H groups in total. The number of esters is 1. The van der Waals surface area contributed by atoms with Crippen LogP contribution < -0.4 is 5.32 Å². The highest BCUT2D eigenvalue weighted by Gasteiger charge is 2.51. The van der Waals surface area contributed by atoms with Crippen LogP contribution in [0.4, 0.5) is 0 Å². The number of rotatable bonds is 5. The van der Waals surface area contributed by atoms with Crippen LogP contribution in [0.1, 0.15) is 48.9 Å². The Morgan fingerprint density at radius 3 is 2.27 bits per heavy atom. The van der Waals surface area contributed by atoms with Gasteiger partial charge in [-0.1, -0.05) is 12.1 Å². The fourth-order valence-electron chi connectivity index (χ4n) is 5.69. The Morgan fingerprint density at radius 2 is 1.69 bits per heavy atom. The van der Waals surface area contributed by atoms with Gasteiger partial charge in [0.1, 0.15) is 0 Å². The lowest BCUT2D eigenvalue weighted by Gasteiger charge is -2.56. The third kappa shape index (κ3) is 3.43. The number of carbonyl (C=O) groups is 2. The number of hydrogen-bond donors (Lipinski definition) is 1. The molecule has 0 unspecified atom stereocenters. The fraction of sp³-hybridized carbons (Fsp3) is 0.600. The van der Waals surface area contributed by atoms with Crippen LogP contribution in [-0.4, -0.2) is 34.5 Å². The van der Waals surface area contributed by atoms with E-state index in [1.165, 1.54) is 25.5 Å². The van der Waals surface area contributed by atoms with Gasteiger partial charge < -0.3 is 10.1 Å². The monoisotopic (exact) mass is 375 g/mol. The molecule has 0 saturated heterocycles. The van der Waals surface area contributed by atoms with Crippen LogP contribution in [0, 0.1) is 17.8 Å². The second-order valence-electron chi connectivity index (χ2n) is 8.27. The van der Waals surface area contributed by atoms with Gasteiger partial charge >= 0.3 is 5.97 Å². The van der Waals surface area contributed by atoms with Crippen molar-refractivity contribution < 1.29 is 18.5 Å². The molecule has 6 heteroatoms. The Bertz CT molecular complexity index is 725. The summed E-state index contributed by atoms with van der Waals surface area (Å²) >= 11 is 0. The Hall–Kier alpha value is -1.69. The van der Waals surface area contributed by atoms with E-state index in [0.717, 1.165) is 37.0 Å². The second-order valence-corrected chi connectivity index (χ2v) is 9.62. The van der Waals surface area contributed by atoms with Crippen molar-refractivity contribution in [1.82, 2.24) is 5.32 Å². The summed E-state index contributed by atoms with van der Waals surface area (Å²) in [4.78, 5) is 25.2. The van der Waals surface area contributed by atoms with Crippen molar-refractivity contribution in [2.45, 2.75) is 49.0 Å². The summed E-state index contributed by atoms with van der Waals surface area (Å²) in [5.74, 6) is 1.41. The Morgan fingerprint density at radius 1 is 1.12 bits per heavy atom. The van der Waals surface area contributed by atoms with Gasteiger partial charge in [-0.15, -0.1) is 0 Å². The normalized spacial score (nSPS) is 32.9. The zero-order valence-electron chi connectivity index (χ0n) is 15.0. The quantitative estimate of drug-likeness (QED) is 0.803. The highest BCUT2D eigenvalue weighted by molar-refractivity contribution is 7.84. The molecule has 0 spiro atoms. The van der Waals surface area contributed by atoms with Crippen molar-refractivity contribution in [3.05, 3.63) is 29.8 Å². The predicted molar refractivity (Wildman–Crippen MR) is 98.1 cm³/mol. The first-order valence-corrected chi connectivity index (χ1v) is 10.9. The van der Waals surface area contributed by atoms with Gasteiger partial charge in [0.25, 0.3) is 5.91 Å². The van der Waals surface area contributed by atoms with Crippen LogP contribution in [-0.2, 0) is 20.3 Å². The fourth-order valence-corrected chi connectivity index (χ4v) is 6.42. The molecule has 1 aromatic carbocycles. The summed E-state index contributed by atoms with van der Waals surface area (Å²) in [5, 5.41) is 3.19. The molecule has 5 nitrogen and oxygen atoms in total. The SMILES string of the molecule is C[S@](=O)c1ccccc1C(=O)OCC(=O)NC12CC3CC(CC(C3)C1)C2. The van der Waals surface area contributed by atoms with Crippen LogP contribution in [0.2, 0.25) is 0 Å². The van der Waals surface area contributed by atoms with E-state index in [2.05, 4.69) is 5.32 Å². The van der Waals surface area contributed by atoms with Gasteiger partial charge in [0, 0.05) is 11.8 Å². The molecule has 0 radical (unpaired) electrons. The van der Waals surface area contributed by atoms with Crippen LogP contribution in [0.15, 0.2) is 29.2 Å². The van der Waals surface area contributed by atoms with Gasteiger partial charge in [0.05, 0.1) is 21.3 Å². The summed E-state index contributed by atoms with van der Waals surface area (Å²) in [6, 6.07) is 6.65. The minimum atomic E-state index is -1.29. The Labute approximate surface area is 156 Å². The minimum Gasteiger partial charge on any atom is -0.452 e. The van der Waals surface area contributed by atoms with Crippen molar-refractivity contribution in [1.29, 1.82) is 0 Å². The number of benzene rings is 1. The van der Waals surface area contributed by atoms with Gasteiger partial charge in [-0.3, -0.25) is 9.00 Å². The second kappa shape index (κ2) is 6.80. The number of carbonyl (C=O) groups excluding carboxylic acids is 2. The van der Waals surface area contributed by atoms with Crippen LogP contribution in [0.25, 0.3) is 0 Å². The first kappa shape index (κ1) is 17.7. The number of nitrogens with one attached hydrogen (secondary N) is 1. The third-order valence-electron chi connectivity index (χ3n) is 6.19. The molecule has 4 aliphatic rings.